The number of likely N-dealkylation sites (tertiary alicyclic amines) is 1. The molecule has 1 fully saturated rings. The second-order valence-corrected chi connectivity index (χ2v) is 7.93. The van der Waals surface area contributed by atoms with Crippen LogP contribution in [0.15, 0.2) is 0 Å². The largest absolute Gasteiger partial charge is 0.310 e. The van der Waals surface area contributed by atoms with Gasteiger partial charge in [-0.15, -0.1) is 0 Å². The molecule has 0 bridgehead atoms. The van der Waals surface area contributed by atoms with Gasteiger partial charge in [0.25, 0.3) is 0 Å². The van der Waals surface area contributed by atoms with Crippen LogP contribution < -0.4 is 5.32 Å². The molecule has 1 N–H and O–H groups in total. The molecule has 0 aromatic rings. The highest BCUT2D eigenvalue weighted by Crippen LogP contribution is 2.19. The van der Waals surface area contributed by atoms with Gasteiger partial charge in [0.2, 0.25) is 0 Å². The van der Waals surface area contributed by atoms with Crippen LogP contribution in [0, 0.1) is 5.92 Å². The number of piperidine rings is 1. The molecule has 18 heavy (non-hydrogen) atoms. The molecule has 5 heteroatoms. The molecule has 1 aliphatic heterocycles. The quantitative estimate of drug-likeness (QED) is 0.790. The molecular formula is C13H28N2O2S. The van der Waals surface area contributed by atoms with Gasteiger partial charge in [-0.05, 0) is 45.7 Å². The van der Waals surface area contributed by atoms with Crippen molar-refractivity contribution in [1.29, 1.82) is 0 Å². The lowest BCUT2D eigenvalue weighted by atomic mass is 9.91. The highest BCUT2D eigenvalue weighted by molar-refractivity contribution is 7.90. The number of sulfone groups is 1. The molecule has 0 aromatic carbocycles. The summed E-state index contributed by atoms with van der Waals surface area (Å²) >= 11 is 0. The van der Waals surface area contributed by atoms with Gasteiger partial charge in [-0.25, -0.2) is 8.42 Å². The summed E-state index contributed by atoms with van der Waals surface area (Å²) < 4.78 is 22.5. The van der Waals surface area contributed by atoms with E-state index in [2.05, 4.69) is 24.1 Å². The van der Waals surface area contributed by atoms with Crippen molar-refractivity contribution in [1.82, 2.24) is 10.2 Å². The normalized spacial score (nSPS) is 25.9. The zero-order chi connectivity index (χ0) is 13.8. The fourth-order valence-corrected chi connectivity index (χ4v) is 3.88. The molecule has 0 aromatic heterocycles. The van der Waals surface area contributed by atoms with Crippen molar-refractivity contribution in [3.05, 3.63) is 0 Å². The molecule has 1 heterocycles. The average molecular weight is 276 g/mol. The van der Waals surface area contributed by atoms with Crippen LogP contribution in [0.1, 0.15) is 33.6 Å². The second kappa shape index (κ2) is 6.87. The predicted molar refractivity (Wildman–Crippen MR) is 76.6 cm³/mol. The fraction of sp³-hybridized carbons (Fsp3) is 1.00. The van der Waals surface area contributed by atoms with Crippen LogP contribution >= 0.6 is 0 Å². The molecule has 0 aliphatic carbocycles. The van der Waals surface area contributed by atoms with E-state index in [-0.39, 0.29) is 11.8 Å². The SMILES string of the molecule is CCN1CCCC(C(C)NC(C)CS(C)(=O)=O)C1. The topological polar surface area (TPSA) is 49.4 Å². The lowest BCUT2D eigenvalue weighted by Gasteiger charge is -2.36. The van der Waals surface area contributed by atoms with Crippen molar-refractivity contribution in [2.75, 3.05) is 31.6 Å². The number of rotatable bonds is 6. The van der Waals surface area contributed by atoms with Crippen molar-refractivity contribution >= 4 is 9.84 Å². The number of hydrogen-bond donors (Lipinski definition) is 1. The van der Waals surface area contributed by atoms with Crippen LogP contribution in [0.5, 0.6) is 0 Å². The maximum absolute atomic E-state index is 11.2. The second-order valence-electron chi connectivity index (χ2n) is 5.74. The third-order valence-corrected chi connectivity index (χ3v) is 4.90. The smallest absolute Gasteiger partial charge is 0.148 e. The molecule has 1 aliphatic rings. The molecule has 0 amide bonds. The van der Waals surface area contributed by atoms with Crippen LogP contribution in [-0.4, -0.2) is 57.0 Å². The third kappa shape index (κ3) is 5.67. The minimum atomic E-state index is -2.89. The lowest BCUT2D eigenvalue weighted by molar-refractivity contribution is 0.154. The van der Waals surface area contributed by atoms with E-state index in [1.54, 1.807) is 0 Å². The van der Waals surface area contributed by atoms with Crippen LogP contribution in [-0.2, 0) is 9.84 Å². The Morgan fingerprint density at radius 1 is 1.39 bits per heavy atom. The maximum Gasteiger partial charge on any atom is 0.148 e. The van der Waals surface area contributed by atoms with E-state index in [9.17, 15) is 8.42 Å². The summed E-state index contributed by atoms with van der Waals surface area (Å²) in [6.07, 6.45) is 3.80. The molecule has 1 rings (SSSR count). The number of nitrogens with zero attached hydrogens (tertiary/aromatic N) is 1. The maximum atomic E-state index is 11.2. The fourth-order valence-electron chi connectivity index (χ4n) is 2.87. The summed E-state index contributed by atoms with van der Waals surface area (Å²) in [5, 5.41) is 3.44. The minimum absolute atomic E-state index is 0.0343. The Morgan fingerprint density at radius 3 is 2.61 bits per heavy atom. The van der Waals surface area contributed by atoms with Crippen LogP contribution in [0.2, 0.25) is 0 Å². The molecule has 0 saturated carbocycles. The van der Waals surface area contributed by atoms with Crippen LogP contribution in [0.3, 0.4) is 0 Å². The van der Waals surface area contributed by atoms with Gasteiger partial charge < -0.3 is 10.2 Å². The van der Waals surface area contributed by atoms with Gasteiger partial charge in [-0.2, -0.15) is 0 Å². The molecule has 3 unspecified atom stereocenters. The van der Waals surface area contributed by atoms with Crippen molar-refractivity contribution in [3.8, 4) is 0 Å². The molecular weight excluding hydrogens is 248 g/mol. The summed E-state index contributed by atoms with van der Waals surface area (Å²) in [5.41, 5.74) is 0. The van der Waals surface area contributed by atoms with Gasteiger partial charge in [-0.1, -0.05) is 6.92 Å². The molecule has 3 atom stereocenters. The Balaban J connectivity index is 2.42. The monoisotopic (exact) mass is 276 g/mol. The molecule has 108 valence electrons. The number of nitrogens with one attached hydrogen (secondary N) is 1. The van der Waals surface area contributed by atoms with Crippen molar-refractivity contribution in [2.45, 2.75) is 45.7 Å². The summed E-state index contributed by atoms with van der Waals surface area (Å²) in [7, 11) is -2.89. The minimum Gasteiger partial charge on any atom is -0.310 e. The van der Waals surface area contributed by atoms with Gasteiger partial charge in [0.05, 0.1) is 5.75 Å². The average Bonchev–Trinajstić information content (AvgIpc) is 2.26. The Bertz CT molecular complexity index is 343. The first kappa shape index (κ1) is 15.9. The number of hydrogen-bond acceptors (Lipinski definition) is 4. The first-order chi connectivity index (χ1) is 8.31. The molecule has 0 radical (unpaired) electrons. The molecule has 0 spiro atoms. The standard InChI is InChI=1S/C13H28N2O2S/c1-5-15-8-6-7-13(9-15)12(3)14-11(2)10-18(4,16)17/h11-14H,5-10H2,1-4H3. The molecule has 4 nitrogen and oxygen atoms in total. The van der Waals surface area contributed by atoms with Gasteiger partial charge in [0.1, 0.15) is 9.84 Å². The van der Waals surface area contributed by atoms with Crippen molar-refractivity contribution in [3.63, 3.8) is 0 Å². The van der Waals surface area contributed by atoms with Gasteiger partial charge in [0, 0.05) is 24.9 Å². The third-order valence-electron chi connectivity index (χ3n) is 3.80. The van der Waals surface area contributed by atoms with Crippen LogP contribution in [0.25, 0.3) is 0 Å². The van der Waals surface area contributed by atoms with Crippen molar-refractivity contribution in [2.24, 2.45) is 5.92 Å². The zero-order valence-corrected chi connectivity index (χ0v) is 13.0. The Hall–Kier alpha value is -0.130. The predicted octanol–water partition coefficient (Wildman–Crippen LogP) is 1.13. The van der Waals surface area contributed by atoms with E-state index in [0.29, 0.717) is 12.0 Å². The lowest BCUT2D eigenvalue weighted by Crippen LogP contribution is -2.48. The van der Waals surface area contributed by atoms with Gasteiger partial charge >= 0.3 is 0 Å². The zero-order valence-electron chi connectivity index (χ0n) is 12.1. The van der Waals surface area contributed by atoms with E-state index in [1.807, 2.05) is 6.92 Å². The first-order valence-electron chi connectivity index (χ1n) is 6.98. The van der Waals surface area contributed by atoms with Crippen molar-refractivity contribution < 1.29 is 8.42 Å². The first-order valence-corrected chi connectivity index (χ1v) is 9.04. The van der Waals surface area contributed by atoms with Gasteiger partial charge in [-0.3, -0.25) is 0 Å². The summed E-state index contributed by atoms with van der Waals surface area (Å²) in [6, 6.07) is 0.420. The Labute approximate surface area is 112 Å². The Morgan fingerprint density at radius 2 is 2.06 bits per heavy atom. The highest BCUT2D eigenvalue weighted by atomic mass is 32.2. The summed E-state index contributed by atoms with van der Waals surface area (Å²) in [5.74, 6) is 0.863. The van der Waals surface area contributed by atoms with E-state index in [4.69, 9.17) is 0 Å². The van der Waals surface area contributed by atoms with Gasteiger partial charge in [0.15, 0.2) is 0 Å². The highest BCUT2D eigenvalue weighted by Gasteiger charge is 2.25. The van der Waals surface area contributed by atoms with E-state index >= 15 is 0 Å². The van der Waals surface area contributed by atoms with Crippen LogP contribution in [0.4, 0.5) is 0 Å². The van der Waals surface area contributed by atoms with E-state index in [1.165, 1.54) is 25.6 Å². The van der Waals surface area contributed by atoms with E-state index < -0.39 is 9.84 Å². The Kier molecular flexibility index (Phi) is 6.08. The summed E-state index contributed by atoms with van der Waals surface area (Å²) in [4.78, 5) is 2.48. The van der Waals surface area contributed by atoms with E-state index in [0.717, 1.165) is 13.1 Å². The summed E-state index contributed by atoms with van der Waals surface area (Å²) in [6.45, 7) is 9.80. The molecule has 1 saturated heterocycles.